The van der Waals surface area contributed by atoms with E-state index in [-0.39, 0.29) is 5.92 Å². The summed E-state index contributed by atoms with van der Waals surface area (Å²) in [4.78, 5) is 15.9. The fourth-order valence-corrected chi connectivity index (χ4v) is 9.21. The van der Waals surface area contributed by atoms with Gasteiger partial charge < -0.3 is 4.42 Å². The van der Waals surface area contributed by atoms with Crippen LogP contribution in [0.15, 0.2) is 180 Å². The highest BCUT2D eigenvalue weighted by molar-refractivity contribution is 6.22. The van der Waals surface area contributed by atoms with Crippen molar-refractivity contribution < 1.29 is 4.42 Å². The summed E-state index contributed by atoms with van der Waals surface area (Å²) in [6, 6.07) is 62.1. The highest BCUT2D eigenvalue weighted by Gasteiger charge is 2.32. The third-order valence-electron chi connectivity index (χ3n) is 11.6. The Hall–Kier alpha value is -7.37. The molecule has 5 heteroatoms. The summed E-state index contributed by atoms with van der Waals surface area (Å²) >= 11 is 0. The summed E-state index contributed by atoms with van der Waals surface area (Å²) in [6.45, 7) is 0. The minimum absolute atomic E-state index is 0.255. The average Bonchev–Trinajstić information content (AvgIpc) is 3.92. The standard InChI is InChI=1S/C51H32N4O/c1-3-15-31(16-4-1)29-40-33-19-7-10-22-36(33)47-37(40)27-28-43-48(47)38-23-11-13-25-42(38)55(43)51-53-49(32-17-5-2-6-18-32)52-50(54-51)41-30-45-46(35-21-9-8-20-34(35)41)39-24-12-14-26-44(39)56-45/h1-28,30,40H,29H2/t40-/m1/s1. The van der Waals surface area contributed by atoms with Crippen LogP contribution in [0.3, 0.4) is 0 Å². The van der Waals surface area contributed by atoms with Crippen molar-refractivity contribution in [2.75, 3.05) is 0 Å². The summed E-state index contributed by atoms with van der Waals surface area (Å²) in [5.74, 6) is 2.03. The van der Waals surface area contributed by atoms with Crippen LogP contribution in [0.2, 0.25) is 0 Å². The molecule has 56 heavy (non-hydrogen) atoms. The zero-order chi connectivity index (χ0) is 36.7. The number of benzene rings is 8. The van der Waals surface area contributed by atoms with Crippen molar-refractivity contribution in [1.82, 2.24) is 19.5 Å². The van der Waals surface area contributed by atoms with Crippen LogP contribution in [-0.2, 0) is 6.42 Å². The van der Waals surface area contributed by atoms with E-state index >= 15 is 0 Å². The van der Waals surface area contributed by atoms with Crippen molar-refractivity contribution in [3.8, 4) is 39.9 Å². The van der Waals surface area contributed by atoms with Crippen molar-refractivity contribution in [3.05, 3.63) is 193 Å². The molecule has 11 aromatic rings. The molecule has 0 bridgehead atoms. The third kappa shape index (κ3) is 4.58. The van der Waals surface area contributed by atoms with Crippen LogP contribution >= 0.6 is 0 Å². The molecule has 0 fully saturated rings. The summed E-state index contributed by atoms with van der Waals surface area (Å²) in [5.41, 5.74) is 12.3. The largest absolute Gasteiger partial charge is 0.456 e. The molecule has 0 radical (unpaired) electrons. The minimum atomic E-state index is 0.255. The molecule has 3 aromatic heterocycles. The molecule has 0 saturated heterocycles. The Kier molecular flexibility index (Phi) is 6.69. The molecule has 1 aliphatic carbocycles. The number of hydrogen-bond donors (Lipinski definition) is 0. The van der Waals surface area contributed by atoms with Gasteiger partial charge in [-0.05, 0) is 69.3 Å². The summed E-state index contributed by atoms with van der Waals surface area (Å²) in [5, 5.41) is 6.75. The van der Waals surface area contributed by atoms with Crippen LogP contribution < -0.4 is 0 Å². The van der Waals surface area contributed by atoms with Crippen LogP contribution in [0.4, 0.5) is 0 Å². The molecule has 0 N–H and O–H groups in total. The molecular formula is C51H32N4O. The van der Waals surface area contributed by atoms with Crippen LogP contribution in [-0.4, -0.2) is 19.5 Å². The maximum Gasteiger partial charge on any atom is 0.238 e. The Labute approximate surface area is 322 Å². The highest BCUT2D eigenvalue weighted by atomic mass is 16.3. The first-order chi connectivity index (χ1) is 27.8. The summed E-state index contributed by atoms with van der Waals surface area (Å²) in [6.07, 6.45) is 0.940. The lowest BCUT2D eigenvalue weighted by molar-refractivity contribution is 0.669. The zero-order valence-electron chi connectivity index (χ0n) is 30.2. The van der Waals surface area contributed by atoms with Gasteiger partial charge >= 0.3 is 0 Å². The van der Waals surface area contributed by atoms with Gasteiger partial charge in [-0.15, -0.1) is 0 Å². The predicted molar refractivity (Wildman–Crippen MR) is 227 cm³/mol. The number of para-hydroxylation sites is 2. The van der Waals surface area contributed by atoms with Crippen molar-refractivity contribution in [2.45, 2.75) is 12.3 Å². The molecule has 12 rings (SSSR count). The van der Waals surface area contributed by atoms with Gasteiger partial charge in [-0.2, -0.15) is 9.97 Å². The molecule has 5 nitrogen and oxygen atoms in total. The van der Waals surface area contributed by atoms with Crippen molar-refractivity contribution >= 4 is 54.5 Å². The first kappa shape index (κ1) is 31.0. The molecule has 0 amide bonds. The van der Waals surface area contributed by atoms with Gasteiger partial charge in [0.25, 0.3) is 0 Å². The molecular weight excluding hydrogens is 685 g/mol. The smallest absolute Gasteiger partial charge is 0.238 e. The first-order valence-corrected chi connectivity index (χ1v) is 19.1. The van der Waals surface area contributed by atoms with E-state index in [4.69, 9.17) is 19.4 Å². The number of hydrogen-bond acceptors (Lipinski definition) is 4. The Bertz CT molecular complexity index is 3340. The monoisotopic (exact) mass is 716 g/mol. The van der Waals surface area contributed by atoms with E-state index in [1.807, 2.05) is 30.3 Å². The lowest BCUT2D eigenvalue weighted by Gasteiger charge is -2.14. The van der Waals surface area contributed by atoms with Crippen LogP contribution in [0, 0.1) is 0 Å². The third-order valence-corrected chi connectivity index (χ3v) is 11.6. The topological polar surface area (TPSA) is 56.7 Å². The molecule has 0 aliphatic heterocycles. The van der Waals surface area contributed by atoms with Crippen LogP contribution in [0.25, 0.3) is 94.4 Å². The molecule has 0 saturated carbocycles. The second kappa shape index (κ2) is 12.1. The Balaban J connectivity index is 1.14. The molecule has 1 atom stereocenters. The fraction of sp³-hybridized carbons (Fsp3) is 0.0392. The first-order valence-electron chi connectivity index (χ1n) is 19.1. The quantitative estimate of drug-likeness (QED) is 0.178. The maximum absolute atomic E-state index is 6.50. The second-order valence-corrected chi connectivity index (χ2v) is 14.7. The SMILES string of the molecule is c1ccc(C[C@@H]2c3ccccc3-c3c2ccc2c3c3ccccc3n2-c2nc(-c3ccccc3)nc(-c3cc4oc5ccccc5c4c4ccccc34)n2)cc1. The van der Waals surface area contributed by atoms with Gasteiger partial charge in [0, 0.05) is 38.6 Å². The van der Waals surface area contributed by atoms with E-state index in [0.29, 0.717) is 17.6 Å². The van der Waals surface area contributed by atoms with Crippen molar-refractivity contribution in [1.29, 1.82) is 0 Å². The lowest BCUT2D eigenvalue weighted by Crippen LogP contribution is -2.06. The number of aromatic nitrogens is 4. The summed E-state index contributed by atoms with van der Waals surface area (Å²) < 4.78 is 8.73. The van der Waals surface area contributed by atoms with Crippen LogP contribution in [0.5, 0.6) is 0 Å². The fourth-order valence-electron chi connectivity index (χ4n) is 9.21. The van der Waals surface area contributed by atoms with E-state index < -0.39 is 0 Å². The number of nitrogens with zero attached hydrogens (tertiary/aromatic N) is 4. The van der Waals surface area contributed by atoms with Crippen LogP contribution in [0.1, 0.15) is 22.6 Å². The number of fused-ring (bicyclic) bond motifs is 12. The molecule has 0 spiro atoms. The van der Waals surface area contributed by atoms with E-state index in [9.17, 15) is 0 Å². The van der Waals surface area contributed by atoms with E-state index in [2.05, 4.69) is 150 Å². The maximum atomic E-state index is 6.50. The molecule has 3 heterocycles. The molecule has 262 valence electrons. The minimum Gasteiger partial charge on any atom is -0.456 e. The lowest BCUT2D eigenvalue weighted by atomic mass is 9.90. The van der Waals surface area contributed by atoms with Gasteiger partial charge in [-0.1, -0.05) is 152 Å². The molecule has 0 unspecified atom stereocenters. The Morgan fingerprint density at radius 1 is 0.464 bits per heavy atom. The van der Waals surface area contributed by atoms with E-state index in [1.54, 1.807) is 0 Å². The average molecular weight is 717 g/mol. The van der Waals surface area contributed by atoms with Crippen molar-refractivity contribution in [3.63, 3.8) is 0 Å². The van der Waals surface area contributed by atoms with E-state index in [0.717, 1.165) is 61.3 Å². The Morgan fingerprint density at radius 3 is 2.00 bits per heavy atom. The second-order valence-electron chi connectivity index (χ2n) is 14.7. The van der Waals surface area contributed by atoms with E-state index in [1.165, 1.54) is 38.6 Å². The number of rotatable bonds is 5. The van der Waals surface area contributed by atoms with Gasteiger partial charge in [0.05, 0.1) is 11.0 Å². The van der Waals surface area contributed by atoms with Gasteiger partial charge in [0.15, 0.2) is 11.6 Å². The highest BCUT2D eigenvalue weighted by Crippen LogP contribution is 2.51. The van der Waals surface area contributed by atoms with Gasteiger partial charge in [0.2, 0.25) is 5.95 Å². The van der Waals surface area contributed by atoms with Gasteiger partial charge in [0.1, 0.15) is 11.2 Å². The van der Waals surface area contributed by atoms with Gasteiger partial charge in [-0.3, -0.25) is 4.57 Å². The molecule has 8 aromatic carbocycles. The zero-order valence-corrected chi connectivity index (χ0v) is 30.2. The van der Waals surface area contributed by atoms with Crippen molar-refractivity contribution in [2.24, 2.45) is 0 Å². The van der Waals surface area contributed by atoms with Gasteiger partial charge in [-0.25, -0.2) is 4.98 Å². The Morgan fingerprint density at radius 2 is 1.14 bits per heavy atom. The molecule has 1 aliphatic rings. The number of furan rings is 1. The predicted octanol–water partition coefficient (Wildman–Crippen LogP) is 12.7. The normalized spacial score (nSPS) is 13.6. The summed E-state index contributed by atoms with van der Waals surface area (Å²) in [7, 11) is 0.